The standard InChI is InChI=1S/C14H15N3O4S/c1-10(11-5-3-2-4-6-11)16-13-8-7-12(22(15,20)21)9-14(13)17(18)19/h2-10,16H,1H3,(H2,15,20,21)/t10-/m1/s1. The number of anilines is 1. The van der Waals surface area contributed by atoms with Crippen LogP contribution in [0.25, 0.3) is 0 Å². The Morgan fingerprint density at radius 1 is 1.18 bits per heavy atom. The summed E-state index contributed by atoms with van der Waals surface area (Å²) in [6.45, 7) is 1.85. The maximum absolute atomic E-state index is 11.3. The predicted octanol–water partition coefficient (Wildman–Crippen LogP) is 2.42. The Kier molecular flexibility index (Phi) is 4.43. The van der Waals surface area contributed by atoms with Gasteiger partial charge in [-0.1, -0.05) is 30.3 Å². The molecule has 0 spiro atoms. The highest BCUT2D eigenvalue weighted by Gasteiger charge is 2.20. The summed E-state index contributed by atoms with van der Waals surface area (Å²) >= 11 is 0. The highest BCUT2D eigenvalue weighted by Crippen LogP contribution is 2.30. The van der Waals surface area contributed by atoms with Crippen LogP contribution in [0.1, 0.15) is 18.5 Å². The molecule has 0 saturated carbocycles. The van der Waals surface area contributed by atoms with E-state index in [1.165, 1.54) is 12.1 Å². The molecule has 0 amide bonds. The lowest BCUT2D eigenvalue weighted by Gasteiger charge is -2.16. The first kappa shape index (κ1) is 15.9. The van der Waals surface area contributed by atoms with Gasteiger partial charge in [0.25, 0.3) is 5.69 Å². The lowest BCUT2D eigenvalue weighted by atomic mass is 10.1. The van der Waals surface area contributed by atoms with Crippen molar-refractivity contribution in [1.82, 2.24) is 0 Å². The summed E-state index contributed by atoms with van der Waals surface area (Å²) in [6.07, 6.45) is 0. The van der Waals surface area contributed by atoms with Crippen LogP contribution < -0.4 is 10.5 Å². The van der Waals surface area contributed by atoms with Crippen LogP contribution in [0.2, 0.25) is 0 Å². The number of nitrogens with one attached hydrogen (secondary N) is 1. The monoisotopic (exact) mass is 321 g/mol. The van der Waals surface area contributed by atoms with Crippen LogP contribution in [0.5, 0.6) is 0 Å². The molecule has 0 aliphatic carbocycles. The third kappa shape index (κ3) is 3.60. The van der Waals surface area contributed by atoms with Gasteiger partial charge in [0.2, 0.25) is 10.0 Å². The summed E-state index contributed by atoms with van der Waals surface area (Å²) in [4.78, 5) is 10.2. The summed E-state index contributed by atoms with van der Waals surface area (Å²) in [7, 11) is -3.99. The third-order valence-corrected chi connectivity index (χ3v) is 4.08. The largest absolute Gasteiger partial charge is 0.373 e. The third-order valence-electron chi connectivity index (χ3n) is 3.17. The van der Waals surface area contributed by atoms with E-state index in [1.807, 2.05) is 37.3 Å². The fraction of sp³-hybridized carbons (Fsp3) is 0.143. The molecule has 22 heavy (non-hydrogen) atoms. The first-order valence-electron chi connectivity index (χ1n) is 6.42. The summed E-state index contributed by atoms with van der Waals surface area (Å²) in [5.74, 6) is 0. The first-order chi connectivity index (χ1) is 10.3. The Labute approximate surface area is 128 Å². The van der Waals surface area contributed by atoms with E-state index in [-0.39, 0.29) is 22.3 Å². The van der Waals surface area contributed by atoms with E-state index < -0.39 is 14.9 Å². The molecule has 2 rings (SSSR count). The fourth-order valence-corrected chi connectivity index (χ4v) is 2.55. The minimum absolute atomic E-state index is 0.180. The Bertz CT molecular complexity index is 791. The number of hydrogen-bond acceptors (Lipinski definition) is 5. The van der Waals surface area contributed by atoms with Gasteiger partial charge >= 0.3 is 0 Å². The van der Waals surface area contributed by atoms with E-state index in [0.29, 0.717) is 0 Å². The van der Waals surface area contributed by atoms with E-state index in [0.717, 1.165) is 11.6 Å². The molecule has 0 aliphatic rings. The Morgan fingerprint density at radius 2 is 1.82 bits per heavy atom. The maximum atomic E-state index is 11.3. The van der Waals surface area contributed by atoms with Gasteiger partial charge in [-0.25, -0.2) is 13.6 Å². The topological polar surface area (TPSA) is 115 Å². The van der Waals surface area contributed by atoms with E-state index in [1.54, 1.807) is 0 Å². The SMILES string of the molecule is C[C@@H](Nc1ccc(S(N)(=O)=O)cc1[N+](=O)[O-])c1ccccc1. The number of sulfonamides is 1. The number of nitrogens with two attached hydrogens (primary N) is 1. The number of benzene rings is 2. The van der Waals surface area contributed by atoms with Crippen LogP contribution >= 0.6 is 0 Å². The quantitative estimate of drug-likeness (QED) is 0.648. The zero-order chi connectivity index (χ0) is 16.3. The average molecular weight is 321 g/mol. The molecule has 0 bridgehead atoms. The van der Waals surface area contributed by atoms with Crippen LogP contribution in [0.15, 0.2) is 53.4 Å². The molecule has 2 aromatic rings. The molecule has 0 fully saturated rings. The molecule has 116 valence electrons. The molecular formula is C14H15N3O4S. The van der Waals surface area contributed by atoms with Crippen LogP contribution in [0, 0.1) is 10.1 Å². The van der Waals surface area contributed by atoms with Crippen molar-refractivity contribution in [3.8, 4) is 0 Å². The molecule has 2 aromatic carbocycles. The molecule has 3 N–H and O–H groups in total. The highest BCUT2D eigenvalue weighted by atomic mass is 32.2. The van der Waals surface area contributed by atoms with Gasteiger partial charge in [-0.05, 0) is 24.6 Å². The van der Waals surface area contributed by atoms with Crippen molar-refractivity contribution in [1.29, 1.82) is 0 Å². The van der Waals surface area contributed by atoms with Crippen molar-refractivity contribution in [2.45, 2.75) is 17.9 Å². The van der Waals surface area contributed by atoms with Gasteiger partial charge in [-0.15, -0.1) is 0 Å². The lowest BCUT2D eigenvalue weighted by Crippen LogP contribution is -2.13. The predicted molar refractivity (Wildman–Crippen MR) is 82.9 cm³/mol. The van der Waals surface area contributed by atoms with E-state index >= 15 is 0 Å². The van der Waals surface area contributed by atoms with Gasteiger partial charge in [-0.2, -0.15) is 0 Å². The van der Waals surface area contributed by atoms with Crippen molar-refractivity contribution in [3.05, 3.63) is 64.2 Å². The van der Waals surface area contributed by atoms with Crippen molar-refractivity contribution < 1.29 is 13.3 Å². The molecule has 8 heteroatoms. The molecule has 0 saturated heterocycles. The normalized spacial score (nSPS) is 12.6. The van der Waals surface area contributed by atoms with Gasteiger partial charge in [-0.3, -0.25) is 10.1 Å². The zero-order valence-corrected chi connectivity index (χ0v) is 12.6. The summed E-state index contributed by atoms with van der Waals surface area (Å²) in [6, 6.07) is 12.7. The zero-order valence-electron chi connectivity index (χ0n) is 11.8. The molecule has 0 unspecified atom stereocenters. The maximum Gasteiger partial charge on any atom is 0.293 e. The molecule has 0 heterocycles. The lowest BCUT2D eigenvalue weighted by molar-refractivity contribution is -0.384. The molecule has 0 aromatic heterocycles. The van der Waals surface area contributed by atoms with Gasteiger partial charge < -0.3 is 5.32 Å². The smallest absolute Gasteiger partial charge is 0.293 e. The summed E-state index contributed by atoms with van der Waals surface area (Å²) in [5.41, 5.74) is 0.843. The van der Waals surface area contributed by atoms with E-state index in [9.17, 15) is 18.5 Å². The first-order valence-corrected chi connectivity index (χ1v) is 7.96. The highest BCUT2D eigenvalue weighted by molar-refractivity contribution is 7.89. The number of nitrogens with zero attached hydrogens (tertiary/aromatic N) is 1. The number of nitro benzene ring substituents is 1. The number of rotatable bonds is 5. The second-order valence-electron chi connectivity index (χ2n) is 4.76. The van der Waals surface area contributed by atoms with Gasteiger partial charge in [0.1, 0.15) is 5.69 Å². The van der Waals surface area contributed by atoms with Crippen LogP contribution in [-0.4, -0.2) is 13.3 Å². The van der Waals surface area contributed by atoms with Crippen molar-refractivity contribution >= 4 is 21.4 Å². The van der Waals surface area contributed by atoms with Crippen LogP contribution in [-0.2, 0) is 10.0 Å². The number of nitro groups is 1. The van der Waals surface area contributed by atoms with Gasteiger partial charge in [0.05, 0.1) is 9.82 Å². The number of hydrogen-bond donors (Lipinski definition) is 2. The molecule has 0 aliphatic heterocycles. The molecular weight excluding hydrogens is 306 g/mol. The minimum atomic E-state index is -3.99. The average Bonchev–Trinajstić information content (AvgIpc) is 2.47. The van der Waals surface area contributed by atoms with E-state index in [4.69, 9.17) is 5.14 Å². The Balaban J connectivity index is 2.37. The molecule has 7 nitrogen and oxygen atoms in total. The van der Waals surface area contributed by atoms with Crippen LogP contribution in [0.3, 0.4) is 0 Å². The van der Waals surface area contributed by atoms with Crippen molar-refractivity contribution in [3.63, 3.8) is 0 Å². The van der Waals surface area contributed by atoms with E-state index in [2.05, 4.69) is 5.32 Å². The fourth-order valence-electron chi connectivity index (χ4n) is 2.02. The Morgan fingerprint density at radius 3 is 2.36 bits per heavy atom. The minimum Gasteiger partial charge on any atom is -0.373 e. The van der Waals surface area contributed by atoms with Crippen LogP contribution in [0.4, 0.5) is 11.4 Å². The molecule has 0 radical (unpaired) electrons. The van der Waals surface area contributed by atoms with Gasteiger partial charge in [0, 0.05) is 12.1 Å². The summed E-state index contributed by atoms with van der Waals surface area (Å²) in [5, 5.41) is 19.2. The Hall–Kier alpha value is -2.45. The van der Waals surface area contributed by atoms with Gasteiger partial charge in [0.15, 0.2) is 0 Å². The van der Waals surface area contributed by atoms with Crippen molar-refractivity contribution in [2.75, 3.05) is 5.32 Å². The molecule has 1 atom stereocenters. The summed E-state index contributed by atoms with van der Waals surface area (Å²) < 4.78 is 22.6. The second kappa shape index (κ2) is 6.12. The second-order valence-corrected chi connectivity index (χ2v) is 6.32. The van der Waals surface area contributed by atoms with Crippen molar-refractivity contribution in [2.24, 2.45) is 5.14 Å². The number of primary sulfonamides is 1.